The molecule has 0 saturated heterocycles. The topological polar surface area (TPSA) is 34.4 Å². The molecule has 4 heteroatoms. The quantitative estimate of drug-likeness (QED) is 0.870. The summed E-state index contributed by atoms with van der Waals surface area (Å²) in [7, 11) is 1.91. The fraction of sp³-hybridized carbons (Fsp3) is 0.286. The Morgan fingerprint density at radius 3 is 2.89 bits per heavy atom. The molecule has 0 aliphatic heterocycles. The Balaban J connectivity index is 1.81. The second-order valence-corrected chi connectivity index (χ2v) is 4.51. The van der Waals surface area contributed by atoms with Gasteiger partial charge < -0.3 is 14.5 Å². The third-order valence-electron chi connectivity index (χ3n) is 2.49. The molecule has 0 aliphatic carbocycles. The zero-order valence-electron chi connectivity index (χ0n) is 10.3. The number of nitrogens with one attached hydrogen (secondary N) is 1. The Hall–Kier alpha value is -1.29. The highest BCUT2D eigenvalue weighted by Gasteiger charge is 2.02. The smallest absolute Gasteiger partial charge is 0.129 e. The van der Waals surface area contributed by atoms with E-state index < -0.39 is 0 Å². The van der Waals surface area contributed by atoms with E-state index in [1.807, 2.05) is 37.4 Å². The van der Waals surface area contributed by atoms with Gasteiger partial charge in [0.1, 0.15) is 12.4 Å². The van der Waals surface area contributed by atoms with E-state index in [1.54, 1.807) is 6.26 Å². The summed E-state index contributed by atoms with van der Waals surface area (Å²) in [5.41, 5.74) is 2.18. The second-order valence-electron chi connectivity index (χ2n) is 4.07. The van der Waals surface area contributed by atoms with Gasteiger partial charge >= 0.3 is 0 Å². The van der Waals surface area contributed by atoms with Gasteiger partial charge in [-0.15, -0.1) is 0 Å². The molecule has 2 aromatic rings. The van der Waals surface area contributed by atoms with Gasteiger partial charge in [-0.05, 0) is 30.8 Å². The van der Waals surface area contributed by atoms with E-state index in [2.05, 4.69) is 5.32 Å². The van der Waals surface area contributed by atoms with Crippen molar-refractivity contribution >= 4 is 11.6 Å². The van der Waals surface area contributed by atoms with Crippen LogP contribution in [0.4, 0.5) is 0 Å². The summed E-state index contributed by atoms with van der Waals surface area (Å²) >= 11 is 5.90. The largest absolute Gasteiger partial charge is 0.467 e. The fourth-order valence-electron chi connectivity index (χ4n) is 1.69. The maximum Gasteiger partial charge on any atom is 0.129 e. The molecule has 0 saturated carbocycles. The molecule has 0 bridgehead atoms. The van der Waals surface area contributed by atoms with Gasteiger partial charge in [-0.25, -0.2) is 0 Å². The Bertz CT molecular complexity index is 496. The first-order valence-corrected chi connectivity index (χ1v) is 6.19. The van der Waals surface area contributed by atoms with E-state index in [1.165, 1.54) is 0 Å². The molecule has 96 valence electrons. The van der Waals surface area contributed by atoms with Crippen LogP contribution < -0.4 is 5.32 Å². The van der Waals surface area contributed by atoms with Crippen LogP contribution in [0.25, 0.3) is 0 Å². The zero-order valence-corrected chi connectivity index (χ0v) is 11.0. The molecular formula is C14H16ClNO2. The Morgan fingerprint density at radius 1 is 1.22 bits per heavy atom. The lowest BCUT2D eigenvalue weighted by Crippen LogP contribution is -2.03. The van der Waals surface area contributed by atoms with Crippen molar-refractivity contribution in [1.29, 1.82) is 0 Å². The van der Waals surface area contributed by atoms with E-state index in [4.69, 9.17) is 20.8 Å². The van der Waals surface area contributed by atoms with E-state index in [0.717, 1.165) is 28.5 Å². The Labute approximate surface area is 112 Å². The molecular weight excluding hydrogens is 250 g/mol. The fourth-order valence-corrected chi connectivity index (χ4v) is 1.91. The summed E-state index contributed by atoms with van der Waals surface area (Å²) in [5, 5.41) is 3.80. The molecule has 0 spiro atoms. The van der Waals surface area contributed by atoms with Gasteiger partial charge in [0, 0.05) is 17.1 Å². The number of hydrogen-bond donors (Lipinski definition) is 1. The van der Waals surface area contributed by atoms with Crippen LogP contribution >= 0.6 is 11.6 Å². The lowest BCUT2D eigenvalue weighted by molar-refractivity contribution is 0.0929. The van der Waals surface area contributed by atoms with Gasteiger partial charge in [-0.2, -0.15) is 0 Å². The summed E-state index contributed by atoms with van der Waals surface area (Å²) in [6.45, 7) is 1.80. The number of furan rings is 1. The van der Waals surface area contributed by atoms with Gasteiger partial charge in [0.25, 0.3) is 0 Å². The Kier molecular flexibility index (Phi) is 4.81. The first kappa shape index (κ1) is 13.1. The van der Waals surface area contributed by atoms with Crippen LogP contribution in [0.15, 0.2) is 41.0 Å². The lowest BCUT2D eigenvalue weighted by Gasteiger charge is -2.02. The highest BCUT2D eigenvalue weighted by molar-refractivity contribution is 6.30. The third kappa shape index (κ3) is 3.88. The van der Waals surface area contributed by atoms with Crippen LogP contribution in [-0.2, 0) is 24.5 Å². The third-order valence-corrected chi connectivity index (χ3v) is 2.73. The molecule has 0 fully saturated rings. The number of halogens is 1. The molecule has 1 aromatic carbocycles. The van der Waals surface area contributed by atoms with E-state index in [-0.39, 0.29) is 0 Å². The van der Waals surface area contributed by atoms with Gasteiger partial charge in [0.15, 0.2) is 0 Å². The van der Waals surface area contributed by atoms with Crippen molar-refractivity contribution < 1.29 is 9.15 Å². The minimum atomic E-state index is 0.468. The average Bonchev–Trinajstić information content (AvgIpc) is 2.78. The molecule has 1 heterocycles. The van der Waals surface area contributed by atoms with Crippen molar-refractivity contribution in [3.63, 3.8) is 0 Å². The molecule has 1 N–H and O–H groups in total. The normalized spacial score (nSPS) is 10.8. The second kappa shape index (κ2) is 6.59. The maximum absolute atomic E-state index is 5.90. The minimum Gasteiger partial charge on any atom is -0.467 e. The summed E-state index contributed by atoms with van der Waals surface area (Å²) in [6.07, 6.45) is 1.74. The number of benzene rings is 1. The monoisotopic (exact) mass is 265 g/mol. The van der Waals surface area contributed by atoms with Crippen molar-refractivity contribution in [2.45, 2.75) is 19.8 Å². The molecule has 2 rings (SSSR count). The SMILES string of the molecule is CNCc1coc(COCc2cccc(Cl)c2)c1. The zero-order chi connectivity index (χ0) is 12.8. The van der Waals surface area contributed by atoms with E-state index in [9.17, 15) is 0 Å². The van der Waals surface area contributed by atoms with Crippen LogP contribution in [0.2, 0.25) is 5.02 Å². The summed E-state index contributed by atoms with van der Waals surface area (Å²) in [6, 6.07) is 9.64. The van der Waals surface area contributed by atoms with Crippen molar-refractivity contribution in [3.05, 3.63) is 58.5 Å². The Morgan fingerprint density at radius 2 is 2.11 bits per heavy atom. The highest BCUT2D eigenvalue weighted by atomic mass is 35.5. The van der Waals surface area contributed by atoms with Gasteiger partial charge in [0.2, 0.25) is 0 Å². The van der Waals surface area contributed by atoms with Crippen LogP contribution in [0.3, 0.4) is 0 Å². The molecule has 0 unspecified atom stereocenters. The van der Waals surface area contributed by atoms with Crippen molar-refractivity contribution in [2.75, 3.05) is 7.05 Å². The molecule has 3 nitrogen and oxygen atoms in total. The standard InChI is InChI=1S/C14H16ClNO2/c1-16-7-12-6-14(18-9-12)10-17-8-11-3-2-4-13(15)5-11/h2-6,9,16H,7-8,10H2,1H3. The van der Waals surface area contributed by atoms with Gasteiger partial charge in [-0.3, -0.25) is 0 Å². The van der Waals surface area contributed by atoms with Crippen LogP contribution in [0, 0.1) is 0 Å². The van der Waals surface area contributed by atoms with Crippen LogP contribution in [0.1, 0.15) is 16.9 Å². The van der Waals surface area contributed by atoms with E-state index >= 15 is 0 Å². The highest BCUT2D eigenvalue weighted by Crippen LogP contribution is 2.13. The van der Waals surface area contributed by atoms with E-state index in [0.29, 0.717) is 13.2 Å². The number of ether oxygens (including phenoxy) is 1. The summed E-state index contributed by atoms with van der Waals surface area (Å²) in [4.78, 5) is 0. The van der Waals surface area contributed by atoms with Crippen LogP contribution in [-0.4, -0.2) is 7.05 Å². The van der Waals surface area contributed by atoms with Gasteiger partial charge in [0.05, 0.1) is 12.9 Å². The number of hydrogen-bond acceptors (Lipinski definition) is 3. The summed E-state index contributed by atoms with van der Waals surface area (Å²) in [5.74, 6) is 0.835. The molecule has 18 heavy (non-hydrogen) atoms. The predicted octanol–water partition coefficient (Wildman–Crippen LogP) is 3.37. The predicted molar refractivity (Wildman–Crippen MR) is 71.4 cm³/mol. The average molecular weight is 266 g/mol. The number of rotatable bonds is 6. The van der Waals surface area contributed by atoms with Crippen molar-refractivity contribution in [2.24, 2.45) is 0 Å². The van der Waals surface area contributed by atoms with Crippen LogP contribution in [0.5, 0.6) is 0 Å². The molecule has 1 aromatic heterocycles. The lowest BCUT2D eigenvalue weighted by atomic mass is 10.2. The summed E-state index contributed by atoms with van der Waals surface area (Å²) < 4.78 is 11.0. The molecule has 0 atom stereocenters. The van der Waals surface area contributed by atoms with Crippen molar-refractivity contribution in [3.8, 4) is 0 Å². The molecule has 0 aliphatic rings. The first-order chi connectivity index (χ1) is 8.78. The van der Waals surface area contributed by atoms with Crippen molar-refractivity contribution in [1.82, 2.24) is 5.32 Å². The molecule has 0 amide bonds. The minimum absolute atomic E-state index is 0.468. The molecule has 0 radical (unpaired) electrons. The van der Waals surface area contributed by atoms with Gasteiger partial charge in [-0.1, -0.05) is 23.7 Å². The maximum atomic E-state index is 5.90. The first-order valence-electron chi connectivity index (χ1n) is 5.81.